The average Bonchev–Trinajstić information content (AvgIpc) is 2.77. The number of halogens is 1. The van der Waals surface area contributed by atoms with Crippen LogP contribution in [0.25, 0.3) is 0 Å². The first-order valence-corrected chi connectivity index (χ1v) is 9.60. The minimum atomic E-state index is -0.421. The topological polar surface area (TPSA) is 79.5 Å². The summed E-state index contributed by atoms with van der Waals surface area (Å²) in [5.41, 5.74) is 9.34. The molecule has 0 spiro atoms. The molecular formula is C24H27IN4O. The fourth-order valence-corrected chi connectivity index (χ4v) is 3.19. The van der Waals surface area contributed by atoms with E-state index in [1.807, 2.05) is 24.3 Å². The van der Waals surface area contributed by atoms with Crippen molar-refractivity contribution in [2.75, 3.05) is 13.6 Å². The van der Waals surface area contributed by atoms with Crippen LogP contribution in [0.3, 0.4) is 0 Å². The van der Waals surface area contributed by atoms with E-state index in [2.05, 4.69) is 64.2 Å². The molecule has 0 saturated heterocycles. The van der Waals surface area contributed by atoms with Crippen LogP contribution in [0.15, 0.2) is 89.9 Å². The monoisotopic (exact) mass is 514 g/mol. The predicted molar refractivity (Wildman–Crippen MR) is 133 cm³/mol. The van der Waals surface area contributed by atoms with E-state index in [4.69, 9.17) is 5.73 Å². The number of amides is 1. The van der Waals surface area contributed by atoms with Crippen molar-refractivity contribution in [3.05, 3.63) is 107 Å². The van der Waals surface area contributed by atoms with Gasteiger partial charge in [-0.15, -0.1) is 24.0 Å². The van der Waals surface area contributed by atoms with E-state index in [0.717, 1.165) is 11.5 Å². The van der Waals surface area contributed by atoms with Gasteiger partial charge >= 0.3 is 0 Å². The third kappa shape index (κ3) is 6.59. The van der Waals surface area contributed by atoms with Gasteiger partial charge in [-0.1, -0.05) is 72.8 Å². The van der Waals surface area contributed by atoms with Gasteiger partial charge in [0, 0.05) is 31.6 Å². The van der Waals surface area contributed by atoms with E-state index >= 15 is 0 Å². The van der Waals surface area contributed by atoms with E-state index in [0.29, 0.717) is 18.7 Å². The fraction of sp³-hybridized carbons (Fsp3) is 0.167. The number of primary amides is 1. The first kappa shape index (κ1) is 23.4. The number of carbonyl (C=O) groups excluding carboxylic acids is 1. The Balaban J connectivity index is 0.00000320. The molecule has 0 radical (unpaired) electrons. The second kappa shape index (κ2) is 12.0. The number of nitrogens with zero attached hydrogens (tertiary/aromatic N) is 1. The van der Waals surface area contributed by atoms with Crippen molar-refractivity contribution >= 4 is 35.8 Å². The lowest BCUT2D eigenvalue weighted by Gasteiger charge is -2.20. The van der Waals surface area contributed by atoms with Crippen molar-refractivity contribution in [1.82, 2.24) is 10.6 Å². The summed E-state index contributed by atoms with van der Waals surface area (Å²) in [6.45, 7) is 1.31. The lowest BCUT2D eigenvalue weighted by molar-refractivity contribution is 0.100. The van der Waals surface area contributed by atoms with E-state index < -0.39 is 5.91 Å². The van der Waals surface area contributed by atoms with Crippen molar-refractivity contribution in [2.24, 2.45) is 10.7 Å². The summed E-state index contributed by atoms with van der Waals surface area (Å²) in [5, 5.41) is 6.75. The van der Waals surface area contributed by atoms with E-state index in [9.17, 15) is 4.79 Å². The summed E-state index contributed by atoms with van der Waals surface area (Å²) in [7, 11) is 1.76. The van der Waals surface area contributed by atoms with Gasteiger partial charge in [-0.2, -0.15) is 0 Å². The highest BCUT2D eigenvalue weighted by molar-refractivity contribution is 14.0. The Morgan fingerprint density at radius 1 is 0.867 bits per heavy atom. The second-order valence-electron chi connectivity index (χ2n) is 6.74. The summed E-state index contributed by atoms with van der Waals surface area (Å²) >= 11 is 0. The van der Waals surface area contributed by atoms with Gasteiger partial charge in [0.05, 0.1) is 0 Å². The Morgan fingerprint density at radius 3 is 1.87 bits per heavy atom. The molecule has 1 amide bonds. The van der Waals surface area contributed by atoms with Crippen LogP contribution in [-0.4, -0.2) is 25.5 Å². The van der Waals surface area contributed by atoms with Gasteiger partial charge in [0.1, 0.15) is 0 Å². The molecule has 30 heavy (non-hydrogen) atoms. The van der Waals surface area contributed by atoms with Crippen molar-refractivity contribution < 1.29 is 4.79 Å². The molecule has 3 rings (SSSR count). The highest BCUT2D eigenvalue weighted by Crippen LogP contribution is 2.23. The molecule has 0 aliphatic heterocycles. The zero-order valence-corrected chi connectivity index (χ0v) is 19.2. The van der Waals surface area contributed by atoms with Crippen molar-refractivity contribution in [3.8, 4) is 0 Å². The molecule has 6 heteroatoms. The summed E-state index contributed by atoms with van der Waals surface area (Å²) < 4.78 is 0. The van der Waals surface area contributed by atoms with Crippen LogP contribution in [0, 0.1) is 0 Å². The molecule has 0 aliphatic rings. The molecular weight excluding hydrogens is 487 g/mol. The highest BCUT2D eigenvalue weighted by Gasteiger charge is 2.14. The molecule has 0 aliphatic carbocycles. The van der Waals surface area contributed by atoms with E-state index in [-0.39, 0.29) is 29.9 Å². The first-order chi connectivity index (χ1) is 14.2. The normalized spacial score (nSPS) is 10.9. The number of rotatable bonds is 7. The Morgan fingerprint density at radius 2 is 1.40 bits per heavy atom. The van der Waals surface area contributed by atoms with Gasteiger partial charge in [0.25, 0.3) is 0 Å². The zero-order valence-electron chi connectivity index (χ0n) is 16.9. The number of benzene rings is 3. The molecule has 0 saturated carbocycles. The maximum Gasteiger partial charge on any atom is 0.248 e. The molecule has 0 heterocycles. The number of nitrogens with two attached hydrogens (primary N) is 1. The number of carbonyl (C=O) groups is 1. The minimum Gasteiger partial charge on any atom is -0.366 e. The summed E-state index contributed by atoms with van der Waals surface area (Å²) in [6, 6.07) is 28.1. The smallest absolute Gasteiger partial charge is 0.248 e. The Kier molecular flexibility index (Phi) is 9.34. The fourth-order valence-electron chi connectivity index (χ4n) is 3.19. The van der Waals surface area contributed by atoms with Crippen LogP contribution in [0.5, 0.6) is 0 Å². The molecule has 4 N–H and O–H groups in total. The minimum absolute atomic E-state index is 0. The molecule has 0 fully saturated rings. The molecule has 0 unspecified atom stereocenters. The van der Waals surface area contributed by atoms with Crippen LogP contribution in [0.2, 0.25) is 0 Å². The SMILES string of the molecule is CN=C(NCc1ccc(C(N)=O)cc1)NCC(c1ccccc1)c1ccccc1.I. The van der Waals surface area contributed by atoms with Crippen LogP contribution in [0.1, 0.15) is 33.0 Å². The van der Waals surface area contributed by atoms with Crippen LogP contribution < -0.4 is 16.4 Å². The molecule has 3 aromatic rings. The number of nitrogens with one attached hydrogen (secondary N) is 2. The van der Waals surface area contributed by atoms with E-state index in [1.54, 1.807) is 19.2 Å². The standard InChI is InChI=1S/C24H26N4O.HI/c1-26-24(27-16-18-12-14-21(15-13-18)23(25)29)28-17-22(19-8-4-2-5-9-19)20-10-6-3-7-11-20;/h2-15,22H,16-17H2,1H3,(H2,25,29)(H2,26,27,28);1H. The Bertz CT molecular complexity index is 904. The van der Waals surface area contributed by atoms with Crippen molar-refractivity contribution in [1.29, 1.82) is 0 Å². The molecule has 3 aromatic carbocycles. The van der Waals surface area contributed by atoms with Gasteiger partial charge in [-0.25, -0.2) is 0 Å². The predicted octanol–water partition coefficient (Wildman–Crippen LogP) is 3.90. The molecule has 0 aromatic heterocycles. The molecule has 5 nitrogen and oxygen atoms in total. The van der Waals surface area contributed by atoms with Crippen LogP contribution in [0.4, 0.5) is 0 Å². The van der Waals surface area contributed by atoms with Gasteiger partial charge in [-0.3, -0.25) is 9.79 Å². The second-order valence-corrected chi connectivity index (χ2v) is 6.74. The van der Waals surface area contributed by atoms with Gasteiger partial charge < -0.3 is 16.4 Å². The average molecular weight is 514 g/mol. The maximum atomic E-state index is 11.2. The number of hydrogen-bond acceptors (Lipinski definition) is 2. The van der Waals surface area contributed by atoms with E-state index in [1.165, 1.54) is 11.1 Å². The Labute approximate surface area is 194 Å². The number of aliphatic imine (C=N–C) groups is 1. The molecule has 156 valence electrons. The molecule has 0 atom stereocenters. The Hall–Kier alpha value is -2.87. The summed E-state index contributed by atoms with van der Waals surface area (Å²) in [4.78, 5) is 15.5. The summed E-state index contributed by atoms with van der Waals surface area (Å²) in [6.07, 6.45) is 0. The first-order valence-electron chi connectivity index (χ1n) is 9.60. The van der Waals surface area contributed by atoms with Gasteiger partial charge in [0.15, 0.2) is 5.96 Å². The summed E-state index contributed by atoms with van der Waals surface area (Å²) in [5.74, 6) is 0.515. The zero-order chi connectivity index (χ0) is 20.5. The van der Waals surface area contributed by atoms with Gasteiger partial charge in [0.2, 0.25) is 5.91 Å². The lowest BCUT2D eigenvalue weighted by atomic mass is 9.91. The lowest BCUT2D eigenvalue weighted by Crippen LogP contribution is -2.39. The quantitative estimate of drug-likeness (QED) is 0.254. The largest absolute Gasteiger partial charge is 0.366 e. The highest BCUT2D eigenvalue weighted by atomic mass is 127. The third-order valence-electron chi connectivity index (χ3n) is 4.80. The number of hydrogen-bond donors (Lipinski definition) is 3. The maximum absolute atomic E-state index is 11.2. The van der Waals surface area contributed by atoms with Gasteiger partial charge in [-0.05, 0) is 28.8 Å². The van der Waals surface area contributed by atoms with Crippen molar-refractivity contribution in [2.45, 2.75) is 12.5 Å². The van der Waals surface area contributed by atoms with Crippen molar-refractivity contribution in [3.63, 3.8) is 0 Å². The van der Waals surface area contributed by atoms with Crippen LogP contribution in [-0.2, 0) is 6.54 Å². The number of guanidine groups is 1. The molecule has 0 bridgehead atoms. The van der Waals surface area contributed by atoms with Crippen LogP contribution >= 0.6 is 24.0 Å². The third-order valence-corrected chi connectivity index (χ3v) is 4.80.